The minimum absolute atomic E-state index is 0.353. The van der Waals surface area contributed by atoms with Crippen LogP contribution in [-0.2, 0) is 48.3 Å². The first-order chi connectivity index (χ1) is 31.6. The SMILES string of the molecule is OC1(c2ccccc2)[Si]2(O)OC34O[Si](O)(c5ccccc5)O[Si]3(c3ccccc3)C3(c5ccccc5)O[Si]5(c6ccccc6)O[Si]6(c7ccccc7)OC2(O[Si]43O5)[Si]1(c1ccccc1)O6. The van der Waals surface area contributed by atoms with Gasteiger partial charge in [0.15, 0.2) is 9.70 Å². The molecule has 0 saturated carbocycles. The smallest absolute Gasteiger partial charge is 0.406 e. The van der Waals surface area contributed by atoms with Crippen LogP contribution in [0.25, 0.3) is 0 Å². The van der Waals surface area contributed by atoms with Crippen molar-refractivity contribution in [3.8, 4) is 0 Å². The van der Waals surface area contributed by atoms with Gasteiger partial charge in [0, 0.05) is 15.6 Å². The van der Waals surface area contributed by atoms with Crippen LogP contribution in [0.3, 0.4) is 0 Å². The zero-order valence-electron chi connectivity index (χ0n) is 34.2. The Hall–Kier alpha value is -4.42. The molecule has 11 unspecified atom stereocenters. The van der Waals surface area contributed by atoms with Crippen molar-refractivity contribution in [3.05, 3.63) is 223 Å². The van der Waals surface area contributed by atoms with Gasteiger partial charge < -0.3 is 53.3 Å². The summed E-state index contributed by atoms with van der Waals surface area (Å²) in [5.41, 5.74) is 0.999. The summed E-state index contributed by atoms with van der Waals surface area (Å²) in [4.78, 5) is 23.9. The van der Waals surface area contributed by atoms with Crippen LogP contribution in [0, 0.1) is 0 Å². The number of fused-ring (bicyclic) bond motifs is 3. The average molecular weight is 979 g/mol. The molecule has 0 radical (unpaired) electrons. The number of hydrogen-bond donors (Lipinski definition) is 3. The molecule has 4 bridgehead atoms. The first-order valence-electron chi connectivity index (χ1n) is 21.5. The van der Waals surface area contributed by atoms with E-state index in [1.165, 1.54) is 0 Å². The fraction of sp³-hybridized carbons (Fsp3) is 0.0870. The van der Waals surface area contributed by atoms with Crippen LogP contribution in [0.2, 0.25) is 0 Å². The van der Waals surface area contributed by atoms with E-state index < -0.39 is 79.9 Å². The molecule has 7 aromatic carbocycles. The largest absolute Gasteiger partial charge is 0.526 e. The van der Waals surface area contributed by atoms with Gasteiger partial charge in [-0.05, 0) is 21.5 Å². The number of hydrogen-bond acceptors (Lipinski definition) is 12. The van der Waals surface area contributed by atoms with Crippen LogP contribution in [0.5, 0.6) is 0 Å². The topological polar surface area (TPSA) is 144 Å². The standard InChI is InChI=1S/C46H38O12Si7/c47-43(36-22-8-1-9-23-36)59(38-26-12-3-13-27-38)45-52-63(56-59,42-34-20-7-21-35-42)57-62(41-32-18-6-19-33-41)50-44(37-24-10-2-11-25-37)60(39-28-14-4-15-29-39)46(53-64(43,45)49,65(44,54-45)58-62)51-61(48,55-60)40-30-16-5-17-31-40/h1-35,47-49H. The third-order valence-electron chi connectivity index (χ3n) is 14.4. The molecule has 14 rings (SSSR count). The van der Waals surface area contributed by atoms with Gasteiger partial charge in [-0.15, -0.1) is 0 Å². The van der Waals surface area contributed by atoms with E-state index in [2.05, 4.69) is 0 Å². The molecular formula is C46H38O12Si7. The highest BCUT2D eigenvalue weighted by Gasteiger charge is 3.17. The zero-order chi connectivity index (χ0) is 43.7. The molecule has 7 aliphatic heterocycles. The van der Waals surface area contributed by atoms with Crippen LogP contribution in [0.4, 0.5) is 0 Å². The van der Waals surface area contributed by atoms with Crippen molar-refractivity contribution in [1.29, 1.82) is 0 Å². The molecule has 3 spiro atoms. The Morgan fingerprint density at radius 3 is 1.29 bits per heavy atom. The molecule has 7 heterocycles. The van der Waals surface area contributed by atoms with E-state index in [9.17, 15) is 14.7 Å². The van der Waals surface area contributed by atoms with E-state index in [0.717, 1.165) is 0 Å². The van der Waals surface area contributed by atoms with Crippen LogP contribution in [0.15, 0.2) is 212 Å². The van der Waals surface area contributed by atoms with Crippen molar-refractivity contribution >= 4 is 86.1 Å². The van der Waals surface area contributed by atoms with Gasteiger partial charge in [0.05, 0.1) is 0 Å². The van der Waals surface area contributed by atoms with Gasteiger partial charge in [-0.2, -0.15) is 0 Å². The summed E-state index contributed by atoms with van der Waals surface area (Å²) in [6, 6.07) is 65.5. The Morgan fingerprint density at radius 1 is 0.338 bits per heavy atom. The molecular weight excluding hydrogens is 941 g/mol. The van der Waals surface area contributed by atoms with Crippen LogP contribution in [0.1, 0.15) is 11.1 Å². The Bertz CT molecular complexity index is 3050. The fourth-order valence-electron chi connectivity index (χ4n) is 12.0. The van der Waals surface area contributed by atoms with E-state index in [0.29, 0.717) is 37.1 Å². The van der Waals surface area contributed by atoms with Crippen LogP contribution in [-0.4, -0.2) is 84.9 Å². The molecule has 7 aliphatic rings. The Morgan fingerprint density at radius 2 is 0.769 bits per heavy atom. The summed E-state index contributed by atoms with van der Waals surface area (Å²) < 4.78 is 70.5. The minimum Gasteiger partial charge on any atom is -0.406 e. The molecule has 7 fully saturated rings. The monoisotopic (exact) mass is 978 g/mol. The van der Waals surface area contributed by atoms with Crippen molar-refractivity contribution in [2.24, 2.45) is 0 Å². The minimum atomic E-state index is -5.25. The second-order valence-electron chi connectivity index (χ2n) is 17.4. The molecule has 7 aromatic rings. The van der Waals surface area contributed by atoms with Crippen molar-refractivity contribution < 1.29 is 53.3 Å². The van der Waals surface area contributed by atoms with Crippen molar-refractivity contribution in [3.63, 3.8) is 0 Å². The summed E-state index contributed by atoms with van der Waals surface area (Å²) in [7, 11) is -32.8. The van der Waals surface area contributed by atoms with Crippen molar-refractivity contribution in [1.82, 2.24) is 0 Å². The van der Waals surface area contributed by atoms with Gasteiger partial charge in [0.1, 0.15) is 0 Å². The van der Waals surface area contributed by atoms with Gasteiger partial charge >= 0.3 is 60.2 Å². The molecule has 7 saturated heterocycles. The maximum Gasteiger partial charge on any atom is 0.526 e. The number of benzene rings is 7. The third kappa shape index (κ3) is 4.10. The van der Waals surface area contributed by atoms with Gasteiger partial charge in [-0.25, -0.2) is 0 Å². The maximum absolute atomic E-state index is 14.5. The van der Waals surface area contributed by atoms with Gasteiger partial charge in [0.25, 0.3) is 0 Å². The van der Waals surface area contributed by atoms with Crippen molar-refractivity contribution in [2.45, 2.75) is 19.8 Å². The lowest BCUT2D eigenvalue weighted by molar-refractivity contribution is -0.198. The molecule has 0 amide bonds. The van der Waals surface area contributed by atoms with E-state index in [1.807, 2.05) is 188 Å². The molecule has 322 valence electrons. The number of rotatable bonds is 7. The highest BCUT2D eigenvalue weighted by molar-refractivity contribution is 7.29. The summed E-state index contributed by atoms with van der Waals surface area (Å²) in [6.07, 6.45) is 0. The van der Waals surface area contributed by atoms with Gasteiger partial charge in [0.2, 0.25) is 10.1 Å². The fourth-order valence-corrected chi connectivity index (χ4v) is 63.9. The first kappa shape index (κ1) is 39.7. The molecule has 11 atom stereocenters. The second-order valence-corrected chi connectivity index (χ2v) is 40.7. The molecule has 19 heteroatoms. The normalized spacial score (nSPS) is 42.2. The lowest BCUT2D eigenvalue weighted by Crippen LogP contribution is -3.14. The summed E-state index contributed by atoms with van der Waals surface area (Å²) in [5.74, 6) is 0. The molecule has 0 aromatic heterocycles. The van der Waals surface area contributed by atoms with E-state index in [4.69, 9.17) is 38.6 Å². The zero-order valence-corrected chi connectivity index (χ0v) is 41.2. The lowest BCUT2D eigenvalue weighted by Gasteiger charge is -2.78. The molecule has 65 heavy (non-hydrogen) atoms. The van der Waals surface area contributed by atoms with Gasteiger partial charge in [-0.1, -0.05) is 212 Å². The highest BCUT2D eigenvalue weighted by Crippen LogP contribution is 2.81. The number of aliphatic hydroxyl groups is 1. The van der Waals surface area contributed by atoms with Crippen LogP contribution < -0.4 is 25.9 Å². The summed E-state index contributed by atoms with van der Waals surface area (Å²) >= 11 is 0. The summed E-state index contributed by atoms with van der Waals surface area (Å²) in [5, 5.41) is 12.9. The van der Waals surface area contributed by atoms with Gasteiger partial charge in [-0.3, -0.25) is 0 Å². The first-order valence-corrected chi connectivity index (χ1v) is 34.2. The van der Waals surface area contributed by atoms with E-state index in [-0.39, 0.29) is 0 Å². The summed E-state index contributed by atoms with van der Waals surface area (Å²) in [6.45, 7) is 0. The Balaban J connectivity index is 1.18. The lowest BCUT2D eigenvalue weighted by atomic mass is 10.2. The predicted molar refractivity (Wildman–Crippen MR) is 249 cm³/mol. The maximum atomic E-state index is 14.5. The highest BCUT2D eigenvalue weighted by atomic mass is 28.6. The predicted octanol–water partition coefficient (Wildman–Crippen LogP) is 1.83. The molecule has 0 aliphatic carbocycles. The third-order valence-corrected chi connectivity index (χ3v) is 51.7. The second kappa shape index (κ2) is 12.8. The average Bonchev–Trinajstić information content (AvgIpc) is 3.92. The quantitative estimate of drug-likeness (QED) is 0.201. The molecule has 12 nitrogen and oxygen atoms in total. The van der Waals surface area contributed by atoms with E-state index in [1.54, 1.807) is 24.3 Å². The molecule has 3 N–H and O–H groups in total. The van der Waals surface area contributed by atoms with Crippen molar-refractivity contribution in [2.75, 3.05) is 0 Å². The Kier molecular flexibility index (Phi) is 7.80. The van der Waals surface area contributed by atoms with Crippen LogP contribution >= 0.6 is 0 Å². The Labute approximate surface area is 380 Å². The van der Waals surface area contributed by atoms with E-state index >= 15 is 0 Å².